The van der Waals surface area contributed by atoms with Crippen molar-refractivity contribution in [2.24, 2.45) is 0 Å². The molecule has 11 heteroatoms. The fourth-order valence-corrected chi connectivity index (χ4v) is 3.48. The molecule has 0 aromatic carbocycles. The minimum Gasteiger partial charge on any atom is -0.379 e. The lowest BCUT2D eigenvalue weighted by atomic mass is 10.2. The van der Waals surface area contributed by atoms with E-state index in [-0.39, 0.29) is 24.5 Å². The summed E-state index contributed by atoms with van der Waals surface area (Å²) in [5.74, 6) is 0.573. The van der Waals surface area contributed by atoms with Crippen LogP contribution in [0.3, 0.4) is 0 Å². The highest BCUT2D eigenvalue weighted by atomic mass is 32.2. The second-order valence-corrected chi connectivity index (χ2v) is 8.98. The van der Waals surface area contributed by atoms with E-state index < -0.39 is 11.3 Å². The number of unbranched alkanes of at least 4 members (excludes halogenated alkanes) is 2. The van der Waals surface area contributed by atoms with E-state index in [2.05, 4.69) is 0 Å². The third kappa shape index (κ3) is 27.2. The molecule has 1 amide bonds. The molecule has 0 aliphatic heterocycles. The number of nitrogens with zero attached hydrogens (tertiary/aromatic N) is 1. The lowest BCUT2D eigenvalue weighted by molar-refractivity contribution is -0.131. The fourth-order valence-electron chi connectivity index (χ4n) is 2.62. The summed E-state index contributed by atoms with van der Waals surface area (Å²) in [6.45, 7) is 9.56. The molecule has 0 bridgehead atoms. The van der Waals surface area contributed by atoms with Crippen LogP contribution >= 0.6 is 11.8 Å². The number of carbonyl (C=O) groups excluding carboxylic acids is 4. The quantitative estimate of drug-likeness (QED) is 0.0981. The van der Waals surface area contributed by atoms with Crippen LogP contribution in [0.25, 0.3) is 0 Å². The van der Waals surface area contributed by atoms with Crippen molar-refractivity contribution in [3.63, 3.8) is 0 Å². The van der Waals surface area contributed by atoms with Gasteiger partial charge in [-0.2, -0.15) is 4.39 Å². The van der Waals surface area contributed by atoms with Crippen molar-refractivity contribution in [3.8, 4) is 0 Å². The predicted octanol–water partition coefficient (Wildman–Crippen LogP) is 3.26. The average Bonchev–Trinajstić information content (AvgIpc) is 2.85. The molecular weight excluding hydrogens is 493 g/mol. The Balaban J connectivity index is 0. The van der Waals surface area contributed by atoms with Gasteiger partial charge in [0.25, 0.3) is 0 Å². The molecule has 0 aromatic rings. The van der Waals surface area contributed by atoms with E-state index in [4.69, 9.17) is 18.9 Å². The van der Waals surface area contributed by atoms with Crippen molar-refractivity contribution in [2.45, 2.75) is 64.5 Å². The average molecular weight is 540 g/mol. The molecule has 0 saturated heterocycles. The molecule has 212 valence electrons. The highest BCUT2D eigenvalue weighted by Crippen LogP contribution is 2.14. The molecule has 1 atom stereocenters. The number of hydrogen-bond acceptors (Lipinski definition) is 9. The molecule has 0 aliphatic carbocycles. The number of ketones is 1. The second-order valence-electron chi connectivity index (χ2n) is 7.63. The van der Waals surface area contributed by atoms with Gasteiger partial charge in [-0.1, -0.05) is 20.3 Å². The van der Waals surface area contributed by atoms with Crippen molar-refractivity contribution in [1.82, 2.24) is 4.90 Å². The van der Waals surface area contributed by atoms with Gasteiger partial charge in [-0.05, 0) is 19.8 Å². The zero-order valence-electron chi connectivity index (χ0n) is 22.5. The SMILES string of the molecule is CC.CC(=O)CCOCCOCCOCCOCCSC(C=O)CC(=O)N(C)CCCCCC(=O)F. The van der Waals surface area contributed by atoms with E-state index >= 15 is 0 Å². The number of thioether (sulfide) groups is 1. The van der Waals surface area contributed by atoms with Crippen molar-refractivity contribution >= 4 is 35.8 Å². The molecule has 0 saturated carbocycles. The summed E-state index contributed by atoms with van der Waals surface area (Å²) in [4.78, 5) is 46.1. The Morgan fingerprint density at radius 2 is 1.36 bits per heavy atom. The Bertz CT molecular complexity index is 568. The summed E-state index contributed by atoms with van der Waals surface area (Å²) in [7, 11) is 1.67. The molecule has 0 heterocycles. The third-order valence-corrected chi connectivity index (χ3v) is 5.70. The second kappa shape index (κ2) is 28.2. The Kier molecular flexibility index (Phi) is 28.8. The maximum absolute atomic E-state index is 12.2. The van der Waals surface area contributed by atoms with Crippen molar-refractivity contribution in [2.75, 3.05) is 72.2 Å². The largest absolute Gasteiger partial charge is 0.379 e. The van der Waals surface area contributed by atoms with Crippen LogP contribution in [0.1, 0.15) is 59.3 Å². The standard InChI is InChI=1S/C23H40FNO8S.C2H6/c1-20(27)7-9-30-10-11-31-12-13-32-14-15-33-16-17-34-21(19-26)18-23(29)25(2)8-5-3-4-6-22(24)28;1-2/h19,21H,3-18H2,1-2H3;1-2H3. The Hall–Kier alpha value is -1.40. The van der Waals surface area contributed by atoms with Gasteiger partial charge in [-0.25, -0.2) is 0 Å². The summed E-state index contributed by atoms with van der Waals surface area (Å²) in [6, 6.07) is -1.31. The van der Waals surface area contributed by atoms with Crippen LogP contribution in [0, 0.1) is 0 Å². The molecule has 36 heavy (non-hydrogen) atoms. The van der Waals surface area contributed by atoms with Crippen molar-refractivity contribution < 1.29 is 42.5 Å². The maximum atomic E-state index is 12.2. The zero-order chi connectivity index (χ0) is 27.4. The van der Waals surface area contributed by atoms with Crippen molar-refractivity contribution in [1.29, 1.82) is 0 Å². The molecule has 0 spiro atoms. The van der Waals surface area contributed by atoms with Crippen LogP contribution in [0.4, 0.5) is 4.39 Å². The van der Waals surface area contributed by atoms with E-state index in [1.54, 1.807) is 11.9 Å². The van der Waals surface area contributed by atoms with Gasteiger partial charge in [0.15, 0.2) is 0 Å². The highest BCUT2D eigenvalue weighted by molar-refractivity contribution is 8.00. The highest BCUT2D eigenvalue weighted by Gasteiger charge is 2.16. The van der Waals surface area contributed by atoms with Crippen LogP contribution in [-0.2, 0) is 38.1 Å². The third-order valence-electron chi connectivity index (χ3n) is 4.59. The molecular formula is C25H46FNO8S. The first kappa shape index (κ1) is 36.8. The molecule has 0 N–H and O–H groups in total. The smallest absolute Gasteiger partial charge is 0.301 e. The number of rotatable bonds is 25. The first-order chi connectivity index (χ1) is 17.4. The minimum atomic E-state index is -1.31. The summed E-state index contributed by atoms with van der Waals surface area (Å²) in [6.07, 6.45) is 3.08. The van der Waals surface area contributed by atoms with E-state index in [0.29, 0.717) is 90.8 Å². The van der Waals surface area contributed by atoms with Gasteiger partial charge in [-0.15, -0.1) is 11.8 Å². The number of halogens is 1. The van der Waals surface area contributed by atoms with Crippen LogP contribution in [0.5, 0.6) is 0 Å². The van der Waals surface area contributed by atoms with Crippen molar-refractivity contribution in [3.05, 3.63) is 0 Å². The van der Waals surface area contributed by atoms with E-state index in [9.17, 15) is 23.6 Å². The van der Waals surface area contributed by atoms with Gasteiger partial charge >= 0.3 is 6.04 Å². The normalized spacial score (nSPS) is 11.4. The monoisotopic (exact) mass is 539 g/mol. The number of Topliss-reactive ketones (excluding diaryl/α,β-unsaturated/α-hetero) is 1. The minimum absolute atomic E-state index is 0.0786. The number of carbonyl (C=O) groups is 4. The number of hydrogen-bond donors (Lipinski definition) is 0. The molecule has 0 radical (unpaired) electrons. The molecule has 0 fully saturated rings. The van der Waals surface area contributed by atoms with Crippen LogP contribution in [0.2, 0.25) is 0 Å². The van der Waals surface area contributed by atoms with Gasteiger partial charge < -0.3 is 28.6 Å². The summed E-state index contributed by atoms with van der Waals surface area (Å²) < 4.78 is 33.6. The van der Waals surface area contributed by atoms with Gasteiger partial charge in [0.1, 0.15) is 12.1 Å². The predicted molar refractivity (Wildman–Crippen MR) is 139 cm³/mol. The topological polar surface area (TPSA) is 108 Å². The molecule has 0 aromatic heterocycles. The summed E-state index contributed by atoms with van der Waals surface area (Å²) in [5, 5.41) is -0.428. The number of amides is 1. The molecule has 1 unspecified atom stereocenters. The van der Waals surface area contributed by atoms with Gasteiger partial charge in [-0.3, -0.25) is 14.4 Å². The summed E-state index contributed by atoms with van der Waals surface area (Å²) >= 11 is 1.38. The van der Waals surface area contributed by atoms with E-state index in [1.165, 1.54) is 18.7 Å². The molecule has 0 aliphatic rings. The summed E-state index contributed by atoms with van der Waals surface area (Å²) in [5.41, 5.74) is 0. The van der Waals surface area contributed by atoms with E-state index in [0.717, 1.165) is 6.29 Å². The zero-order valence-corrected chi connectivity index (χ0v) is 23.3. The maximum Gasteiger partial charge on any atom is 0.301 e. The Morgan fingerprint density at radius 1 is 0.833 bits per heavy atom. The van der Waals surface area contributed by atoms with Gasteiger partial charge in [0, 0.05) is 38.6 Å². The van der Waals surface area contributed by atoms with Crippen LogP contribution < -0.4 is 0 Å². The first-order valence-corrected chi connectivity index (χ1v) is 13.7. The first-order valence-electron chi connectivity index (χ1n) is 12.7. The lowest BCUT2D eigenvalue weighted by Gasteiger charge is -2.19. The number of aldehydes is 1. The molecule has 0 rings (SSSR count). The van der Waals surface area contributed by atoms with Crippen LogP contribution in [-0.4, -0.2) is 106 Å². The Labute approximate surface area is 220 Å². The van der Waals surface area contributed by atoms with E-state index in [1.807, 2.05) is 13.8 Å². The van der Waals surface area contributed by atoms with Gasteiger partial charge in [0.2, 0.25) is 5.91 Å². The fraction of sp³-hybridized carbons (Fsp3) is 0.840. The lowest BCUT2D eigenvalue weighted by Crippen LogP contribution is -2.30. The van der Waals surface area contributed by atoms with Crippen LogP contribution in [0.15, 0.2) is 0 Å². The molecule has 9 nitrogen and oxygen atoms in total. The Morgan fingerprint density at radius 3 is 1.86 bits per heavy atom. The number of ether oxygens (including phenoxy) is 4. The van der Waals surface area contributed by atoms with Gasteiger partial charge in [0.05, 0.1) is 58.1 Å².